The number of benzene rings is 1. The number of thioether (sulfide) groups is 1. The monoisotopic (exact) mass is 193 g/mol. The molecule has 0 saturated carbocycles. The lowest BCUT2D eigenvalue weighted by Crippen LogP contribution is -2.04. The first-order chi connectivity index (χ1) is 6.18. The van der Waals surface area contributed by atoms with E-state index in [0.717, 1.165) is 4.90 Å². The van der Waals surface area contributed by atoms with Crippen LogP contribution in [0.2, 0.25) is 0 Å². The summed E-state index contributed by atoms with van der Waals surface area (Å²) in [6.07, 6.45) is 1.35. The Bertz CT molecular complexity index is 333. The Balaban J connectivity index is 2.59. The maximum atomic E-state index is 10.4. The fourth-order valence-electron chi connectivity index (χ4n) is 0.868. The van der Waals surface area contributed by atoms with E-state index >= 15 is 0 Å². The number of rotatable bonds is 3. The first-order valence-corrected chi connectivity index (χ1v) is 4.76. The molecule has 3 heteroatoms. The zero-order valence-electron chi connectivity index (χ0n) is 7.36. The second kappa shape index (κ2) is 4.72. The number of carbonyl (C=O) groups is 1. The van der Waals surface area contributed by atoms with Crippen molar-refractivity contribution in [2.75, 3.05) is 0 Å². The maximum Gasteiger partial charge on any atom is 0.241 e. The summed E-state index contributed by atoms with van der Waals surface area (Å²) in [6.45, 7) is 2.03. The number of aryl methyl sites for hydroxylation is 1. The average Bonchev–Trinajstić information content (AvgIpc) is 2.03. The van der Waals surface area contributed by atoms with Crippen molar-refractivity contribution >= 4 is 17.7 Å². The molecule has 0 spiro atoms. The minimum atomic E-state index is -0.417. The topological polar surface area (TPSA) is 43.1 Å². The Morgan fingerprint density at radius 1 is 1.54 bits per heavy atom. The van der Waals surface area contributed by atoms with Gasteiger partial charge in [-0.25, -0.2) is 0 Å². The van der Waals surface area contributed by atoms with Crippen molar-refractivity contribution in [1.82, 2.24) is 0 Å². The molecular formula is C10H11NOS. The fourth-order valence-corrected chi connectivity index (χ4v) is 1.64. The van der Waals surface area contributed by atoms with Gasteiger partial charge in [-0.2, -0.15) is 0 Å². The molecule has 68 valence electrons. The van der Waals surface area contributed by atoms with Gasteiger partial charge in [-0.1, -0.05) is 29.5 Å². The van der Waals surface area contributed by atoms with E-state index in [1.165, 1.54) is 23.4 Å². The Kier molecular flexibility index (Phi) is 3.58. The minimum absolute atomic E-state index is 0.417. The van der Waals surface area contributed by atoms with E-state index in [9.17, 15) is 4.79 Å². The van der Waals surface area contributed by atoms with Gasteiger partial charge in [0.25, 0.3) is 0 Å². The van der Waals surface area contributed by atoms with Crippen molar-refractivity contribution in [2.45, 2.75) is 11.8 Å². The molecule has 0 bridgehead atoms. The van der Waals surface area contributed by atoms with Gasteiger partial charge < -0.3 is 5.73 Å². The van der Waals surface area contributed by atoms with Crippen molar-refractivity contribution < 1.29 is 4.79 Å². The van der Waals surface area contributed by atoms with Crippen LogP contribution in [0.4, 0.5) is 0 Å². The Morgan fingerprint density at radius 2 is 2.31 bits per heavy atom. The van der Waals surface area contributed by atoms with Crippen LogP contribution in [-0.4, -0.2) is 5.91 Å². The molecule has 13 heavy (non-hydrogen) atoms. The summed E-state index contributed by atoms with van der Waals surface area (Å²) >= 11 is 1.48. The van der Waals surface area contributed by atoms with Crippen molar-refractivity contribution in [1.29, 1.82) is 0 Å². The molecule has 0 atom stereocenters. The van der Waals surface area contributed by atoms with Crippen LogP contribution in [-0.2, 0) is 4.79 Å². The lowest BCUT2D eigenvalue weighted by atomic mass is 10.2. The van der Waals surface area contributed by atoms with Crippen LogP contribution < -0.4 is 5.73 Å². The van der Waals surface area contributed by atoms with Crippen molar-refractivity contribution in [3.63, 3.8) is 0 Å². The molecular weight excluding hydrogens is 182 g/mol. The summed E-state index contributed by atoms with van der Waals surface area (Å²) in [4.78, 5) is 11.5. The zero-order chi connectivity index (χ0) is 9.68. The quantitative estimate of drug-likeness (QED) is 0.590. The number of primary amides is 1. The van der Waals surface area contributed by atoms with Gasteiger partial charge in [-0.3, -0.25) is 4.79 Å². The highest BCUT2D eigenvalue weighted by atomic mass is 32.2. The third-order valence-electron chi connectivity index (χ3n) is 1.43. The number of hydrogen-bond acceptors (Lipinski definition) is 2. The summed E-state index contributed by atoms with van der Waals surface area (Å²) in [6, 6.07) is 8.05. The molecule has 0 fully saturated rings. The van der Waals surface area contributed by atoms with Gasteiger partial charge in [0.1, 0.15) is 0 Å². The standard InChI is InChI=1S/C10H11NOS/c1-8-3-2-4-9(7-8)13-6-5-10(11)12/h2-7H,1H3,(H2,11,12). The number of amides is 1. The molecule has 0 saturated heterocycles. The molecule has 1 aromatic carbocycles. The number of hydrogen-bond donors (Lipinski definition) is 1. The summed E-state index contributed by atoms with van der Waals surface area (Å²) < 4.78 is 0. The van der Waals surface area contributed by atoms with Gasteiger partial charge in [0.2, 0.25) is 5.91 Å². The maximum absolute atomic E-state index is 10.4. The molecule has 0 aliphatic carbocycles. The smallest absolute Gasteiger partial charge is 0.241 e. The molecule has 0 aromatic heterocycles. The van der Waals surface area contributed by atoms with Crippen LogP contribution in [0.25, 0.3) is 0 Å². The molecule has 0 aliphatic heterocycles. The van der Waals surface area contributed by atoms with E-state index in [1.54, 1.807) is 5.41 Å². The normalized spacial score (nSPS) is 10.5. The molecule has 0 unspecified atom stereocenters. The first-order valence-electron chi connectivity index (χ1n) is 3.88. The van der Waals surface area contributed by atoms with E-state index in [2.05, 4.69) is 6.07 Å². The number of nitrogens with two attached hydrogens (primary N) is 1. The van der Waals surface area contributed by atoms with Crippen LogP contribution in [0.3, 0.4) is 0 Å². The fraction of sp³-hybridized carbons (Fsp3) is 0.100. The largest absolute Gasteiger partial charge is 0.366 e. The van der Waals surface area contributed by atoms with Gasteiger partial charge in [-0.05, 0) is 24.5 Å². The van der Waals surface area contributed by atoms with E-state index in [1.807, 2.05) is 25.1 Å². The van der Waals surface area contributed by atoms with Crippen molar-refractivity contribution in [3.05, 3.63) is 41.3 Å². The lowest BCUT2D eigenvalue weighted by molar-refractivity contribution is -0.113. The molecule has 0 radical (unpaired) electrons. The molecule has 1 rings (SSSR count). The predicted octanol–water partition coefficient (Wildman–Crippen LogP) is 2.09. The van der Waals surface area contributed by atoms with E-state index in [-0.39, 0.29) is 0 Å². The SMILES string of the molecule is Cc1cccc(SC=CC(N)=O)c1. The molecule has 2 N–H and O–H groups in total. The number of carbonyl (C=O) groups excluding carboxylic acids is 1. The summed E-state index contributed by atoms with van der Waals surface area (Å²) in [5, 5.41) is 1.69. The van der Waals surface area contributed by atoms with E-state index in [0.29, 0.717) is 0 Å². The molecule has 0 heterocycles. The summed E-state index contributed by atoms with van der Waals surface area (Å²) in [7, 11) is 0. The Labute approximate surface area is 81.8 Å². The molecule has 1 amide bonds. The van der Waals surface area contributed by atoms with E-state index in [4.69, 9.17) is 5.73 Å². The van der Waals surface area contributed by atoms with Crippen molar-refractivity contribution in [3.8, 4) is 0 Å². The summed E-state index contributed by atoms with van der Waals surface area (Å²) in [5.41, 5.74) is 6.15. The Morgan fingerprint density at radius 3 is 2.92 bits per heavy atom. The van der Waals surface area contributed by atoms with Gasteiger partial charge >= 0.3 is 0 Å². The Hall–Kier alpha value is -1.22. The summed E-state index contributed by atoms with van der Waals surface area (Å²) in [5.74, 6) is -0.417. The second-order valence-corrected chi connectivity index (χ2v) is 3.62. The van der Waals surface area contributed by atoms with E-state index < -0.39 is 5.91 Å². The highest BCUT2D eigenvalue weighted by molar-refractivity contribution is 8.02. The highest BCUT2D eigenvalue weighted by Gasteiger charge is 1.90. The average molecular weight is 193 g/mol. The van der Waals surface area contributed by atoms with Crippen LogP contribution in [0.15, 0.2) is 40.6 Å². The zero-order valence-corrected chi connectivity index (χ0v) is 8.17. The predicted molar refractivity (Wildman–Crippen MR) is 55.4 cm³/mol. The minimum Gasteiger partial charge on any atom is -0.366 e. The third-order valence-corrected chi connectivity index (χ3v) is 2.22. The molecule has 0 aliphatic rings. The molecule has 2 nitrogen and oxygen atoms in total. The van der Waals surface area contributed by atoms with Crippen molar-refractivity contribution in [2.24, 2.45) is 5.73 Å². The van der Waals surface area contributed by atoms with Gasteiger partial charge in [0.15, 0.2) is 0 Å². The first kappa shape index (κ1) is 9.86. The highest BCUT2D eigenvalue weighted by Crippen LogP contribution is 2.19. The van der Waals surface area contributed by atoms with Crippen LogP contribution in [0, 0.1) is 6.92 Å². The van der Waals surface area contributed by atoms with Gasteiger partial charge in [0, 0.05) is 11.0 Å². The second-order valence-electron chi connectivity index (χ2n) is 2.64. The third kappa shape index (κ3) is 3.80. The van der Waals surface area contributed by atoms with Gasteiger partial charge in [-0.15, -0.1) is 0 Å². The lowest BCUT2D eigenvalue weighted by Gasteiger charge is -1.96. The van der Waals surface area contributed by atoms with Crippen LogP contribution >= 0.6 is 11.8 Å². The van der Waals surface area contributed by atoms with Gasteiger partial charge in [0.05, 0.1) is 0 Å². The van der Waals surface area contributed by atoms with Crippen LogP contribution in [0.5, 0.6) is 0 Å². The molecule has 1 aromatic rings. The van der Waals surface area contributed by atoms with Crippen LogP contribution in [0.1, 0.15) is 5.56 Å².